The van der Waals surface area contributed by atoms with Crippen LogP contribution in [0.1, 0.15) is 27.6 Å². The molecule has 7 heteroatoms. The Morgan fingerprint density at radius 2 is 2.12 bits per heavy atom. The molecule has 0 spiro atoms. The molecule has 0 aliphatic rings. The minimum atomic E-state index is -3.73. The van der Waals surface area contributed by atoms with Crippen LogP contribution in [0, 0.1) is 0 Å². The third-order valence-corrected chi connectivity index (χ3v) is 2.94. The maximum Gasteiger partial charge on any atom is 1.00 e. The van der Waals surface area contributed by atoms with E-state index in [9.17, 15) is 9.36 Å². The molecular weight excluding hydrogens is 242 g/mol. The van der Waals surface area contributed by atoms with E-state index in [-0.39, 0.29) is 37.6 Å². The van der Waals surface area contributed by atoms with Crippen LogP contribution in [-0.2, 0) is 22.9 Å². The molecule has 16 heavy (non-hydrogen) atoms. The van der Waals surface area contributed by atoms with E-state index in [1.807, 2.05) is 6.92 Å². The standard InChI is InChI=1S/C9H17O5P.Na.H/c1-4-6-7-8-13-15(11,12-3)14-9(10)5-2;;/h5H,2,4,6-8H2,1,3H3;;/q;+1;-1. The van der Waals surface area contributed by atoms with Gasteiger partial charge in [0.05, 0.1) is 6.61 Å². The monoisotopic (exact) mass is 260 g/mol. The fraction of sp³-hybridized carbons (Fsp3) is 0.667. The minimum Gasteiger partial charge on any atom is -1.00 e. The van der Waals surface area contributed by atoms with Crippen molar-refractivity contribution in [3.8, 4) is 0 Å². The molecule has 0 fully saturated rings. The summed E-state index contributed by atoms with van der Waals surface area (Å²) in [6.07, 6.45) is 3.63. The molecule has 0 saturated carbocycles. The number of phosphoric acid groups is 1. The Kier molecular flexibility index (Phi) is 12.3. The van der Waals surface area contributed by atoms with Crippen molar-refractivity contribution in [3.05, 3.63) is 12.7 Å². The van der Waals surface area contributed by atoms with E-state index in [0.29, 0.717) is 0 Å². The maximum absolute atomic E-state index is 11.6. The first-order valence-corrected chi connectivity index (χ1v) is 6.20. The Hall–Kier alpha value is 0.360. The van der Waals surface area contributed by atoms with Crippen molar-refractivity contribution < 1.29 is 53.9 Å². The first-order chi connectivity index (χ1) is 7.08. The van der Waals surface area contributed by atoms with Crippen molar-refractivity contribution in [1.82, 2.24) is 0 Å². The second-order valence-electron chi connectivity index (χ2n) is 2.78. The van der Waals surface area contributed by atoms with Crippen LogP contribution in [-0.4, -0.2) is 19.7 Å². The molecule has 1 unspecified atom stereocenters. The van der Waals surface area contributed by atoms with Gasteiger partial charge in [-0.25, -0.2) is 9.36 Å². The van der Waals surface area contributed by atoms with Crippen molar-refractivity contribution in [1.29, 1.82) is 0 Å². The Labute approximate surface area is 120 Å². The van der Waals surface area contributed by atoms with Crippen molar-refractivity contribution in [2.45, 2.75) is 26.2 Å². The van der Waals surface area contributed by atoms with Gasteiger partial charge in [0.15, 0.2) is 0 Å². The van der Waals surface area contributed by atoms with E-state index in [2.05, 4.69) is 15.6 Å². The van der Waals surface area contributed by atoms with Crippen LogP contribution in [0.5, 0.6) is 0 Å². The van der Waals surface area contributed by atoms with E-state index in [1.54, 1.807) is 0 Å². The van der Waals surface area contributed by atoms with Crippen LogP contribution in [0.2, 0.25) is 0 Å². The molecule has 0 aromatic rings. The zero-order valence-corrected chi connectivity index (χ0v) is 13.0. The van der Waals surface area contributed by atoms with Crippen LogP contribution in [0.15, 0.2) is 12.7 Å². The summed E-state index contributed by atoms with van der Waals surface area (Å²) in [5.41, 5.74) is 0. The van der Waals surface area contributed by atoms with E-state index in [0.717, 1.165) is 32.4 Å². The second-order valence-corrected chi connectivity index (χ2v) is 4.48. The number of carbonyl (C=O) groups is 1. The summed E-state index contributed by atoms with van der Waals surface area (Å²) >= 11 is 0. The van der Waals surface area contributed by atoms with Gasteiger partial charge < -0.3 is 5.95 Å². The fourth-order valence-electron chi connectivity index (χ4n) is 0.792. The molecule has 0 aliphatic heterocycles. The summed E-state index contributed by atoms with van der Waals surface area (Å²) in [5, 5.41) is 0. The second kappa shape index (κ2) is 10.5. The maximum atomic E-state index is 11.6. The summed E-state index contributed by atoms with van der Waals surface area (Å²) in [5.74, 6) is -0.823. The average molecular weight is 260 g/mol. The van der Waals surface area contributed by atoms with E-state index >= 15 is 0 Å². The summed E-state index contributed by atoms with van der Waals surface area (Å²) in [4.78, 5) is 10.8. The van der Waals surface area contributed by atoms with Crippen LogP contribution in [0.25, 0.3) is 0 Å². The van der Waals surface area contributed by atoms with E-state index in [4.69, 9.17) is 4.52 Å². The topological polar surface area (TPSA) is 61.8 Å². The number of phosphoric ester groups is 1. The van der Waals surface area contributed by atoms with E-state index < -0.39 is 13.8 Å². The largest absolute Gasteiger partial charge is 1.00 e. The normalized spacial score (nSPS) is 13.4. The Bertz CT molecular complexity index is 262. The molecule has 0 saturated heterocycles. The zero-order valence-electron chi connectivity index (χ0n) is 11.1. The number of carbonyl (C=O) groups excluding carboxylic acids is 1. The van der Waals surface area contributed by atoms with Gasteiger partial charge in [-0.1, -0.05) is 26.3 Å². The molecule has 0 amide bonds. The van der Waals surface area contributed by atoms with E-state index in [1.165, 1.54) is 0 Å². The van der Waals surface area contributed by atoms with Crippen LogP contribution in [0.3, 0.4) is 0 Å². The Balaban J connectivity index is -0.000000980. The number of hydrogen-bond acceptors (Lipinski definition) is 5. The molecule has 0 aliphatic carbocycles. The summed E-state index contributed by atoms with van der Waals surface area (Å²) in [6.45, 7) is 5.46. The molecule has 0 aromatic carbocycles. The average Bonchev–Trinajstić information content (AvgIpc) is 2.24. The summed E-state index contributed by atoms with van der Waals surface area (Å²) in [7, 11) is -2.57. The predicted octanol–water partition coefficient (Wildman–Crippen LogP) is -0.207. The van der Waals surface area contributed by atoms with Crippen molar-refractivity contribution in [2.24, 2.45) is 0 Å². The SMILES string of the molecule is C=CC(=O)OP(=O)(OC)OCCCCC.[H-].[Na+]. The van der Waals surface area contributed by atoms with Crippen molar-refractivity contribution >= 4 is 13.8 Å². The molecule has 0 aromatic heterocycles. The number of hydrogen-bond donors (Lipinski definition) is 0. The smallest absolute Gasteiger partial charge is 1.00 e. The Morgan fingerprint density at radius 1 is 1.50 bits per heavy atom. The predicted molar refractivity (Wildman–Crippen MR) is 57.5 cm³/mol. The Morgan fingerprint density at radius 3 is 2.56 bits per heavy atom. The number of unbranched alkanes of at least 4 members (excludes halogenated alkanes) is 2. The van der Waals surface area contributed by atoms with Crippen LogP contribution < -0.4 is 29.6 Å². The van der Waals surface area contributed by atoms with Gasteiger partial charge in [-0.3, -0.25) is 9.05 Å². The fourth-order valence-corrected chi connectivity index (χ4v) is 1.67. The quantitative estimate of drug-likeness (QED) is 0.261. The first kappa shape index (κ1) is 18.7. The first-order valence-electron chi connectivity index (χ1n) is 4.74. The molecule has 0 rings (SSSR count). The van der Waals surface area contributed by atoms with Gasteiger partial charge in [0.1, 0.15) is 0 Å². The van der Waals surface area contributed by atoms with Gasteiger partial charge in [-0.15, -0.1) is 0 Å². The molecule has 5 nitrogen and oxygen atoms in total. The summed E-state index contributed by atoms with van der Waals surface area (Å²) in [6, 6.07) is 0. The minimum absolute atomic E-state index is 0. The zero-order chi connectivity index (χ0) is 11.7. The molecule has 1 atom stereocenters. The molecule has 0 heterocycles. The van der Waals surface area contributed by atoms with Gasteiger partial charge in [0.25, 0.3) is 0 Å². The van der Waals surface area contributed by atoms with Gasteiger partial charge in [-0.2, -0.15) is 0 Å². The van der Waals surface area contributed by atoms with Gasteiger partial charge in [0.2, 0.25) is 0 Å². The van der Waals surface area contributed by atoms with Gasteiger partial charge in [0, 0.05) is 13.2 Å². The van der Waals surface area contributed by atoms with Crippen LogP contribution in [0.4, 0.5) is 0 Å². The van der Waals surface area contributed by atoms with Crippen LogP contribution >= 0.6 is 7.82 Å². The molecule has 90 valence electrons. The van der Waals surface area contributed by atoms with Gasteiger partial charge in [-0.05, 0) is 6.42 Å². The molecule has 0 radical (unpaired) electrons. The van der Waals surface area contributed by atoms with Gasteiger partial charge >= 0.3 is 43.3 Å². The molecule has 0 bridgehead atoms. The number of rotatable bonds is 8. The third-order valence-electron chi connectivity index (χ3n) is 1.59. The third kappa shape index (κ3) is 8.50. The molecule has 0 N–H and O–H groups in total. The summed E-state index contributed by atoms with van der Waals surface area (Å²) < 4.78 is 25.5. The van der Waals surface area contributed by atoms with Crippen molar-refractivity contribution in [2.75, 3.05) is 13.7 Å². The van der Waals surface area contributed by atoms with Crippen molar-refractivity contribution in [3.63, 3.8) is 0 Å². The molecular formula is C9H18NaO5P.